The average Bonchev–Trinajstić information content (AvgIpc) is 2.37. The predicted molar refractivity (Wildman–Crippen MR) is 74.2 cm³/mol. The van der Waals surface area contributed by atoms with E-state index in [0.29, 0.717) is 0 Å². The van der Waals surface area contributed by atoms with E-state index in [4.69, 9.17) is 5.11 Å². The Balaban J connectivity index is 2.66. The third kappa shape index (κ3) is 4.90. The van der Waals surface area contributed by atoms with Gasteiger partial charge in [-0.05, 0) is 24.3 Å². The number of amides is 1. The smallest absolute Gasteiger partial charge is 0.337 e. The number of unbranched alkanes of at least 4 members (excludes halogenated alkanes) is 1. The summed E-state index contributed by atoms with van der Waals surface area (Å²) in [6.07, 6.45) is 2.06. The monoisotopic (exact) mass is 285 g/mol. The molecule has 0 aliphatic carbocycles. The summed E-state index contributed by atoms with van der Waals surface area (Å²) in [7, 11) is 0. The number of anilines is 1. The first-order valence-electron chi connectivity index (χ1n) is 5.95. The van der Waals surface area contributed by atoms with Crippen molar-refractivity contribution in [3.63, 3.8) is 0 Å². The van der Waals surface area contributed by atoms with E-state index in [1.54, 1.807) is 0 Å². The molecular formula is C13H16FNO3S. The number of aromatic carboxylic acids is 1. The number of carbonyl (C=O) groups excluding carboxylic acids is 1. The van der Waals surface area contributed by atoms with Gasteiger partial charge in [0.1, 0.15) is 5.82 Å². The Labute approximate surface area is 115 Å². The lowest BCUT2D eigenvalue weighted by Gasteiger charge is -2.09. The predicted octanol–water partition coefficient (Wildman–Crippen LogP) is 3.00. The molecule has 0 heterocycles. The molecule has 0 saturated carbocycles. The summed E-state index contributed by atoms with van der Waals surface area (Å²) in [4.78, 5) is 22.5. The molecule has 0 spiro atoms. The number of hydrogen-bond donors (Lipinski definition) is 2. The van der Waals surface area contributed by atoms with Crippen LogP contribution in [-0.4, -0.2) is 28.5 Å². The Kier molecular flexibility index (Phi) is 6.35. The Morgan fingerprint density at radius 3 is 2.79 bits per heavy atom. The molecule has 1 rings (SSSR count). The number of carboxylic acids is 1. The van der Waals surface area contributed by atoms with Crippen molar-refractivity contribution in [3.05, 3.63) is 29.6 Å². The van der Waals surface area contributed by atoms with Crippen molar-refractivity contribution < 1.29 is 19.1 Å². The standard InChI is InChI=1S/C13H16FNO3S/c1-2-3-7-19-8-11(16)15-12-9(13(17)18)5-4-6-10(12)14/h4-6H,2-3,7-8H2,1H3,(H,15,16)(H,17,18). The van der Waals surface area contributed by atoms with Gasteiger partial charge < -0.3 is 10.4 Å². The zero-order valence-corrected chi connectivity index (χ0v) is 11.4. The lowest BCUT2D eigenvalue weighted by molar-refractivity contribution is -0.113. The van der Waals surface area contributed by atoms with Crippen LogP contribution in [0.5, 0.6) is 0 Å². The molecule has 19 heavy (non-hydrogen) atoms. The molecule has 0 saturated heterocycles. The van der Waals surface area contributed by atoms with Crippen molar-refractivity contribution in [2.75, 3.05) is 16.8 Å². The van der Waals surface area contributed by atoms with Gasteiger partial charge in [0.15, 0.2) is 0 Å². The first-order valence-corrected chi connectivity index (χ1v) is 7.11. The van der Waals surface area contributed by atoms with Crippen molar-refractivity contribution in [1.82, 2.24) is 0 Å². The number of carboxylic acid groups (broad SMARTS) is 1. The fourth-order valence-corrected chi connectivity index (χ4v) is 2.31. The van der Waals surface area contributed by atoms with Gasteiger partial charge in [-0.25, -0.2) is 9.18 Å². The fraction of sp³-hybridized carbons (Fsp3) is 0.385. The Hall–Kier alpha value is -1.56. The molecule has 0 unspecified atom stereocenters. The highest BCUT2D eigenvalue weighted by molar-refractivity contribution is 7.99. The van der Waals surface area contributed by atoms with E-state index in [1.165, 1.54) is 23.9 Å². The summed E-state index contributed by atoms with van der Waals surface area (Å²) in [5.74, 6) is -1.37. The van der Waals surface area contributed by atoms with Crippen LogP contribution in [0.3, 0.4) is 0 Å². The summed E-state index contributed by atoms with van der Waals surface area (Å²) in [6, 6.07) is 3.67. The zero-order chi connectivity index (χ0) is 14.3. The molecule has 1 aromatic rings. The number of carbonyl (C=O) groups is 2. The minimum absolute atomic E-state index is 0.188. The minimum atomic E-state index is -1.27. The van der Waals surface area contributed by atoms with E-state index >= 15 is 0 Å². The van der Waals surface area contributed by atoms with Gasteiger partial charge in [-0.15, -0.1) is 0 Å². The number of nitrogens with one attached hydrogen (secondary N) is 1. The second kappa shape index (κ2) is 7.78. The van der Waals surface area contributed by atoms with Crippen LogP contribution in [-0.2, 0) is 4.79 Å². The van der Waals surface area contributed by atoms with Crippen LogP contribution in [0.4, 0.5) is 10.1 Å². The second-order valence-corrected chi connectivity index (χ2v) is 5.03. The maximum Gasteiger partial charge on any atom is 0.337 e. The van der Waals surface area contributed by atoms with Gasteiger partial charge in [0, 0.05) is 0 Å². The van der Waals surface area contributed by atoms with Crippen LogP contribution in [0.1, 0.15) is 30.1 Å². The van der Waals surface area contributed by atoms with Gasteiger partial charge in [-0.3, -0.25) is 4.79 Å². The molecule has 0 bridgehead atoms. The van der Waals surface area contributed by atoms with E-state index in [0.717, 1.165) is 24.7 Å². The number of halogens is 1. The summed E-state index contributed by atoms with van der Waals surface area (Å²) in [5.41, 5.74) is -0.511. The number of hydrogen-bond acceptors (Lipinski definition) is 3. The van der Waals surface area contributed by atoms with Gasteiger partial charge in [0.25, 0.3) is 0 Å². The molecule has 2 N–H and O–H groups in total. The van der Waals surface area contributed by atoms with Crippen molar-refractivity contribution in [1.29, 1.82) is 0 Å². The van der Waals surface area contributed by atoms with Crippen LogP contribution in [0, 0.1) is 5.82 Å². The highest BCUT2D eigenvalue weighted by atomic mass is 32.2. The first kappa shape index (κ1) is 15.5. The summed E-state index contributed by atoms with van der Waals surface area (Å²) in [5, 5.41) is 11.2. The molecule has 0 aromatic heterocycles. The molecule has 1 aromatic carbocycles. The third-order valence-corrected chi connectivity index (χ3v) is 3.43. The van der Waals surface area contributed by atoms with Crippen molar-refractivity contribution >= 4 is 29.3 Å². The molecule has 0 radical (unpaired) electrons. The SMILES string of the molecule is CCCCSCC(=O)Nc1c(F)cccc1C(=O)O. The van der Waals surface area contributed by atoms with E-state index < -0.39 is 17.7 Å². The molecule has 0 fully saturated rings. The first-order chi connectivity index (χ1) is 9.06. The molecule has 104 valence electrons. The summed E-state index contributed by atoms with van der Waals surface area (Å²) in [6.45, 7) is 2.05. The summed E-state index contributed by atoms with van der Waals surface area (Å²) >= 11 is 1.44. The van der Waals surface area contributed by atoms with Crippen LogP contribution in [0.2, 0.25) is 0 Å². The van der Waals surface area contributed by atoms with Gasteiger partial charge in [-0.1, -0.05) is 19.4 Å². The molecule has 1 amide bonds. The topological polar surface area (TPSA) is 66.4 Å². The number of rotatable bonds is 7. The lowest BCUT2D eigenvalue weighted by Crippen LogP contribution is -2.18. The highest BCUT2D eigenvalue weighted by Crippen LogP contribution is 2.20. The Morgan fingerprint density at radius 1 is 1.42 bits per heavy atom. The van der Waals surface area contributed by atoms with Crippen LogP contribution in [0.25, 0.3) is 0 Å². The molecular weight excluding hydrogens is 269 g/mol. The van der Waals surface area contributed by atoms with Gasteiger partial charge >= 0.3 is 5.97 Å². The largest absolute Gasteiger partial charge is 0.478 e. The fourth-order valence-electron chi connectivity index (χ4n) is 1.42. The number of para-hydroxylation sites is 1. The van der Waals surface area contributed by atoms with E-state index in [9.17, 15) is 14.0 Å². The van der Waals surface area contributed by atoms with Crippen molar-refractivity contribution in [2.24, 2.45) is 0 Å². The second-order valence-electron chi connectivity index (χ2n) is 3.92. The van der Waals surface area contributed by atoms with E-state index in [2.05, 4.69) is 12.2 Å². The number of benzene rings is 1. The highest BCUT2D eigenvalue weighted by Gasteiger charge is 2.16. The zero-order valence-electron chi connectivity index (χ0n) is 10.6. The maximum absolute atomic E-state index is 13.5. The quantitative estimate of drug-likeness (QED) is 0.756. The van der Waals surface area contributed by atoms with Crippen molar-refractivity contribution in [2.45, 2.75) is 19.8 Å². The summed E-state index contributed by atoms with van der Waals surface area (Å²) < 4.78 is 13.5. The van der Waals surface area contributed by atoms with Crippen LogP contribution in [0.15, 0.2) is 18.2 Å². The number of thioether (sulfide) groups is 1. The normalized spacial score (nSPS) is 10.2. The maximum atomic E-state index is 13.5. The van der Waals surface area contributed by atoms with Gasteiger partial charge in [-0.2, -0.15) is 11.8 Å². The van der Waals surface area contributed by atoms with Gasteiger partial charge in [0.2, 0.25) is 5.91 Å². The van der Waals surface area contributed by atoms with Crippen LogP contribution >= 0.6 is 11.8 Å². The average molecular weight is 285 g/mol. The molecule has 4 nitrogen and oxygen atoms in total. The van der Waals surface area contributed by atoms with E-state index in [1.807, 2.05) is 0 Å². The minimum Gasteiger partial charge on any atom is -0.478 e. The molecule has 0 atom stereocenters. The van der Waals surface area contributed by atoms with E-state index in [-0.39, 0.29) is 17.0 Å². The van der Waals surface area contributed by atoms with Crippen molar-refractivity contribution in [3.8, 4) is 0 Å². The Morgan fingerprint density at radius 2 is 2.16 bits per heavy atom. The molecule has 6 heteroatoms. The Bertz CT molecular complexity index is 465. The third-order valence-electron chi connectivity index (χ3n) is 2.38. The lowest BCUT2D eigenvalue weighted by atomic mass is 10.1. The molecule has 0 aliphatic heterocycles. The molecule has 0 aliphatic rings. The van der Waals surface area contributed by atoms with Crippen LogP contribution < -0.4 is 5.32 Å². The van der Waals surface area contributed by atoms with Gasteiger partial charge in [0.05, 0.1) is 17.0 Å².